The Balaban J connectivity index is 1.82. The summed E-state index contributed by atoms with van der Waals surface area (Å²) in [5.74, 6) is 0.272. The molecule has 148 valence electrons. The largest absolute Gasteiger partial charge is 0.497 e. The highest BCUT2D eigenvalue weighted by molar-refractivity contribution is 6.31. The molecule has 0 unspecified atom stereocenters. The predicted molar refractivity (Wildman–Crippen MR) is 109 cm³/mol. The van der Waals surface area contributed by atoms with Crippen molar-refractivity contribution in [2.45, 2.75) is 12.6 Å². The van der Waals surface area contributed by atoms with Gasteiger partial charge in [-0.1, -0.05) is 17.7 Å². The van der Waals surface area contributed by atoms with Crippen LogP contribution in [0.4, 0.5) is 4.39 Å². The van der Waals surface area contributed by atoms with E-state index in [0.29, 0.717) is 35.0 Å². The quantitative estimate of drug-likeness (QED) is 0.603. The first kappa shape index (κ1) is 20.3. The highest BCUT2D eigenvalue weighted by Gasteiger charge is 2.21. The van der Waals surface area contributed by atoms with E-state index in [1.807, 2.05) is 31.1 Å². The molecule has 3 aromatic rings. The Labute approximate surface area is 167 Å². The summed E-state index contributed by atoms with van der Waals surface area (Å²) in [4.78, 5) is 13.8. The second-order valence-corrected chi connectivity index (χ2v) is 7.11. The summed E-state index contributed by atoms with van der Waals surface area (Å²) in [6, 6.07) is 11.2. The van der Waals surface area contributed by atoms with Gasteiger partial charge < -0.3 is 19.4 Å². The maximum atomic E-state index is 14.3. The van der Waals surface area contributed by atoms with Crippen molar-refractivity contribution >= 4 is 22.6 Å². The van der Waals surface area contributed by atoms with Crippen molar-refractivity contribution in [2.75, 3.05) is 27.7 Å². The Morgan fingerprint density at radius 1 is 1.25 bits per heavy atom. The van der Waals surface area contributed by atoms with Gasteiger partial charge in [-0.2, -0.15) is 0 Å². The van der Waals surface area contributed by atoms with E-state index >= 15 is 0 Å². The normalized spacial score (nSPS) is 12.5. The fourth-order valence-corrected chi connectivity index (χ4v) is 3.49. The first-order valence-electron chi connectivity index (χ1n) is 8.82. The summed E-state index contributed by atoms with van der Waals surface area (Å²) >= 11 is 6.23. The monoisotopic (exact) mass is 404 g/mol. The Bertz CT molecular complexity index is 1020. The zero-order valence-corrected chi connectivity index (χ0v) is 16.7. The molecule has 7 heteroatoms. The van der Waals surface area contributed by atoms with Gasteiger partial charge in [-0.05, 0) is 43.9 Å². The Hall–Kier alpha value is -2.41. The molecule has 0 amide bonds. The molecule has 28 heavy (non-hydrogen) atoms. The zero-order valence-electron chi connectivity index (χ0n) is 16.0. The van der Waals surface area contributed by atoms with E-state index in [9.17, 15) is 9.18 Å². The van der Waals surface area contributed by atoms with Crippen LogP contribution in [-0.4, -0.2) is 32.6 Å². The van der Waals surface area contributed by atoms with Gasteiger partial charge in [0.05, 0.1) is 13.2 Å². The number of methoxy groups -OCH3 is 1. The fourth-order valence-electron chi connectivity index (χ4n) is 3.20. The molecule has 0 aliphatic heterocycles. The topological polar surface area (TPSA) is 54.7 Å². The molecule has 1 N–H and O–H groups in total. The van der Waals surface area contributed by atoms with Crippen LogP contribution in [0.2, 0.25) is 5.02 Å². The second kappa shape index (κ2) is 8.73. The van der Waals surface area contributed by atoms with Crippen molar-refractivity contribution in [1.82, 2.24) is 10.2 Å². The fraction of sp³-hybridized carbons (Fsp3) is 0.286. The number of ether oxygens (including phenoxy) is 1. The van der Waals surface area contributed by atoms with Crippen LogP contribution in [0.25, 0.3) is 11.0 Å². The molecule has 3 rings (SSSR count). The molecule has 0 aliphatic rings. The molecule has 0 radical (unpaired) electrons. The number of hydrogen-bond acceptors (Lipinski definition) is 5. The van der Waals surface area contributed by atoms with Gasteiger partial charge in [0.15, 0.2) is 0 Å². The van der Waals surface area contributed by atoms with E-state index in [4.69, 9.17) is 20.8 Å². The van der Waals surface area contributed by atoms with Crippen molar-refractivity contribution < 1.29 is 13.5 Å². The molecule has 0 fully saturated rings. The van der Waals surface area contributed by atoms with E-state index in [1.165, 1.54) is 12.1 Å². The van der Waals surface area contributed by atoms with Crippen molar-refractivity contribution in [3.8, 4) is 5.75 Å². The highest BCUT2D eigenvalue weighted by Crippen LogP contribution is 2.28. The zero-order chi connectivity index (χ0) is 20.3. The number of nitrogens with zero attached hydrogens (tertiary/aromatic N) is 1. The van der Waals surface area contributed by atoms with Gasteiger partial charge in [-0.3, -0.25) is 0 Å². The number of likely N-dealkylation sites (N-methyl/N-ethyl adjacent to an activating group) is 1. The van der Waals surface area contributed by atoms with Crippen LogP contribution < -0.4 is 15.7 Å². The van der Waals surface area contributed by atoms with Crippen LogP contribution in [0.3, 0.4) is 0 Å². The predicted octanol–water partition coefficient (Wildman–Crippen LogP) is 3.99. The van der Waals surface area contributed by atoms with E-state index in [1.54, 1.807) is 25.3 Å². The number of hydrogen-bond donors (Lipinski definition) is 1. The molecule has 0 aliphatic carbocycles. The number of benzene rings is 2. The van der Waals surface area contributed by atoms with Crippen molar-refractivity contribution in [3.05, 3.63) is 74.9 Å². The Morgan fingerprint density at radius 2 is 2.04 bits per heavy atom. The lowest BCUT2D eigenvalue weighted by Gasteiger charge is -2.26. The minimum atomic E-state index is -0.432. The van der Waals surface area contributed by atoms with E-state index in [0.717, 1.165) is 10.9 Å². The van der Waals surface area contributed by atoms with Crippen LogP contribution in [0.5, 0.6) is 5.75 Å². The van der Waals surface area contributed by atoms with Crippen LogP contribution in [0.15, 0.2) is 51.7 Å². The van der Waals surface area contributed by atoms with Crippen molar-refractivity contribution in [1.29, 1.82) is 0 Å². The minimum Gasteiger partial charge on any atom is -0.497 e. The molecular formula is C21H22ClFN2O3. The van der Waals surface area contributed by atoms with Crippen molar-refractivity contribution in [2.24, 2.45) is 0 Å². The molecule has 2 aromatic carbocycles. The Kier molecular flexibility index (Phi) is 6.34. The van der Waals surface area contributed by atoms with Crippen molar-refractivity contribution in [3.63, 3.8) is 0 Å². The third kappa shape index (κ3) is 4.35. The molecule has 1 heterocycles. The van der Waals surface area contributed by atoms with Crippen LogP contribution in [-0.2, 0) is 6.54 Å². The second-order valence-electron chi connectivity index (χ2n) is 6.70. The molecular weight excluding hydrogens is 383 g/mol. The highest BCUT2D eigenvalue weighted by atomic mass is 35.5. The van der Waals surface area contributed by atoms with Crippen LogP contribution in [0.1, 0.15) is 17.2 Å². The molecule has 0 saturated heterocycles. The molecule has 5 nitrogen and oxygen atoms in total. The summed E-state index contributed by atoms with van der Waals surface area (Å²) in [5.41, 5.74) is 1.28. The number of nitrogens with one attached hydrogen (secondary N) is 1. The van der Waals surface area contributed by atoms with Crippen LogP contribution >= 0.6 is 11.6 Å². The number of rotatable bonds is 7. The van der Waals surface area contributed by atoms with Crippen LogP contribution in [0, 0.1) is 5.82 Å². The molecule has 0 saturated carbocycles. The SMILES string of the molecule is COc1ccc2c(CNC[C@@H](c3c(F)cccc3Cl)N(C)C)cc(=O)oc2c1. The summed E-state index contributed by atoms with van der Waals surface area (Å²) in [7, 11) is 5.29. The maximum absolute atomic E-state index is 14.3. The molecule has 0 spiro atoms. The third-order valence-electron chi connectivity index (χ3n) is 4.65. The van der Waals surface area contributed by atoms with Gasteiger partial charge in [-0.25, -0.2) is 9.18 Å². The molecule has 0 bridgehead atoms. The van der Waals surface area contributed by atoms with Gasteiger partial charge in [0.25, 0.3) is 0 Å². The van der Waals surface area contributed by atoms with Gasteiger partial charge >= 0.3 is 5.63 Å². The molecule has 1 aromatic heterocycles. The van der Waals surface area contributed by atoms with Gasteiger partial charge in [-0.15, -0.1) is 0 Å². The third-order valence-corrected chi connectivity index (χ3v) is 4.98. The van der Waals surface area contributed by atoms with Gasteiger partial charge in [0.1, 0.15) is 17.1 Å². The lowest BCUT2D eigenvalue weighted by atomic mass is 10.0. The average molecular weight is 405 g/mol. The molecule has 1 atom stereocenters. The van der Waals surface area contributed by atoms with Gasteiger partial charge in [0.2, 0.25) is 0 Å². The Morgan fingerprint density at radius 3 is 2.71 bits per heavy atom. The summed E-state index contributed by atoms with van der Waals surface area (Å²) in [6.45, 7) is 0.871. The first-order chi connectivity index (χ1) is 13.4. The average Bonchev–Trinajstić information content (AvgIpc) is 2.65. The first-order valence-corrected chi connectivity index (χ1v) is 9.20. The van der Waals surface area contributed by atoms with Gasteiger partial charge in [0, 0.05) is 41.2 Å². The lowest BCUT2D eigenvalue weighted by molar-refractivity contribution is 0.281. The minimum absolute atomic E-state index is 0.264. The summed E-state index contributed by atoms with van der Waals surface area (Å²) < 4.78 is 24.8. The van der Waals surface area contributed by atoms with E-state index in [2.05, 4.69) is 5.32 Å². The summed E-state index contributed by atoms with van der Waals surface area (Å²) in [5, 5.41) is 4.51. The maximum Gasteiger partial charge on any atom is 0.336 e. The van der Waals surface area contributed by atoms with E-state index < -0.39 is 5.63 Å². The summed E-state index contributed by atoms with van der Waals surface area (Å²) in [6.07, 6.45) is 0. The standard InChI is InChI=1S/C21H22ClFN2O3/c1-25(2)18(21-16(22)5-4-6-17(21)23)12-24-11-13-9-20(26)28-19-10-14(27-3)7-8-15(13)19/h4-10,18,24H,11-12H2,1-3H3/t18-/m0/s1. The number of fused-ring (bicyclic) bond motifs is 1. The smallest absolute Gasteiger partial charge is 0.336 e. The number of halogens is 2. The van der Waals surface area contributed by atoms with E-state index in [-0.39, 0.29) is 11.9 Å². The lowest BCUT2D eigenvalue weighted by Crippen LogP contribution is -2.32.